The van der Waals surface area contributed by atoms with Crippen molar-refractivity contribution in [1.29, 1.82) is 0 Å². The average Bonchev–Trinajstić information content (AvgIpc) is 3.35. The van der Waals surface area contributed by atoms with E-state index in [-0.39, 0.29) is 5.82 Å². The van der Waals surface area contributed by atoms with Crippen molar-refractivity contribution >= 4 is 17.0 Å². The second kappa shape index (κ2) is 8.35. The minimum absolute atomic E-state index is 0.360. The third kappa shape index (κ3) is 4.44. The molecule has 6 heteroatoms. The summed E-state index contributed by atoms with van der Waals surface area (Å²) in [6, 6.07) is 15.2. The number of benzene rings is 2. The summed E-state index contributed by atoms with van der Waals surface area (Å²) in [5.74, 6) is -0.360. The summed E-state index contributed by atoms with van der Waals surface area (Å²) in [7, 11) is 0. The molecule has 2 heterocycles. The maximum absolute atomic E-state index is 14.1. The van der Waals surface area contributed by atoms with E-state index < -0.39 is 29.9 Å². The summed E-state index contributed by atoms with van der Waals surface area (Å²) in [5, 5.41) is 12.6. The fraction of sp³-hybridized carbons (Fsp3) is 0.400. The Bertz CT molecular complexity index is 1070. The molecule has 1 aliphatic heterocycles. The summed E-state index contributed by atoms with van der Waals surface area (Å²) in [5.41, 5.74) is 0.982. The highest BCUT2D eigenvalue weighted by Crippen LogP contribution is 2.34. The second-order valence-electron chi connectivity index (χ2n) is 9.16. The van der Waals surface area contributed by atoms with E-state index in [0.29, 0.717) is 18.5 Å². The third-order valence-corrected chi connectivity index (χ3v) is 5.76. The highest BCUT2D eigenvalue weighted by atomic mass is 19.1. The van der Waals surface area contributed by atoms with Crippen molar-refractivity contribution in [3.63, 3.8) is 0 Å². The number of para-hydroxylation sites is 1. The van der Waals surface area contributed by atoms with Crippen LogP contribution in [0.1, 0.15) is 45.2 Å². The molecule has 0 saturated carbocycles. The lowest BCUT2D eigenvalue weighted by Gasteiger charge is -2.35. The van der Waals surface area contributed by atoms with Crippen LogP contribution in [-0.4, -0.2) is 45.0 Å². The number of amides is 1. The lowest BCUT2D eigenvalue weighted by atomic mass is 9.94. The molecule has 0 radical (unpaired) electrons. The van der Waals surface area contributed by atoms with Crippen LogP contribution in [0.15, 0.2) is 60.8 Å². The zero-order chi connectivity index (χ0) is 22.2. The predicted molar refractivity (Wildman–Crippen MR) is 118 cm³/mol. The monoisotopic (exact) mass is 424 g/mol. The van der Waals surface area contributed by atoms with Gasteiger partial charge in [-0.25, -0.2) is 9.18 Å². The molecule has 1 saturated heterocycles. The smallest absolute Gasteiger partial charge is 0.410 e. The standard InChI is InChI=1S/C25H29FN2O3/c1-25(2,3)31-24(30)28-14-7-12-21(28)23(29)22(18-9-6-10-19(26)16-18)27-15-13-17-8-4-5-11-20(17)27/h4-6,8-11,13,15-16,21-23,29H,7,12,14H2,1-3H3/t21-,22+,23-/m0/s1. The molecule has 4 rings (SSSR count). The van der Waals surface area contributed by atoms with E-state index in [1.807, 2.05) is 67.9 Å². The zero-order valence-electron chi connectivity index (χ0n) is 18.2. The van der Waals surface area contributed by atoms with Gasteiger partial charge in [-0.15, -0.1) is 0 Å². The molecular weight excluding hydrogens is 395 g/mol. The van der Waals surface area contributed by atoms with E-state index in [2.05, 4.69) is 0 Å². The average molecular weight is 425 g/mol. The normalized spacial score (nSPS) is 18.9. The first-order chi connectivity index (χ1) is 14.7. The molecular formula is C25H29FN2O3. The van der Waals surface area contributed by atoms with Gasteiger partial charge in [-0.3, -0.25) is 0 Å². The number of aromatic nitrogens is 1. The lowest BCUT2D eigenvalue weighted by molar-refractivity contribution is -0.00165. The van der Waals surface area contributed by atoms with Crippen LogP contribution in [0.25, 0.3) is 10.9 Å². The molecule has 1 fully saturated rings. The Kier molecular flexibility index (Phi) is 5.75. The maximum Gasteiger partial charge on any atom is 0.410 e. The molecule has 164 valence electrons. The van der Waals surface area contributed by atoms with E-state index in [0.717, 1.165) is 17.3 Å². The fourth-order valence-electron chi connectivity index (χ4n) is 4.47. The summed E-state index contributed by atoms with van der Waals surface area (Å²) in [6.07, 6.45) is 1.99. The van der Waals surface area contributed by atoms with Gasteiger partial charge in [-0.05, 0) is 68.8 Å². The van der Waals surface area contributed by atoms with Gasteiger partial charge in [0.05, 0.1) is 18.2 Å². The van der Waals surface area contributed by atoms with Crippen molar-refractivity contribution in [3.05, 3.63) is 72.2 Å². The van der Waals surface area contributed by atoms with Gasteiger partial charge in [0, 0.05) is 18.3 Å². The quantitative estimate of drug-likeness (QED) is 0.632. The van der Waals surface area contributed by atoms with Gasteiger partial charge >= 0.3 is 6.09 Å². The maximum atomic E-state index is 14.1. The summed E-state index contributed by atoms with van der Waals surface area (Å²) in [4.78, 5) is 14.4. The van der Waals surface area contributed by atoms with Crippen LogP contribution in [-0.2, 0) is 4.74 Å². The molecule has 5 nitrogen and oxygen atoms in total. The van der Waals surface area contributed by atoms with Crippen molar-refractivity contribution in [2.24, 2.45) is 0 Å². The minimum Gasteiger partial charge on any atom is -0.444 e. The highest BCUT2D eigenvalue weighted by Gasteiger charge is 2.40. The fourth-order valence-corrected chi connectivity index (χ4v) is 4.47. The van der Waals surface area contributed by atoms with Crippen LogP contribution in [0, 0.1) is 5.82 Å². The van der Waals surface area contributed by atoms with E-state index in [4.69, 9.17) is 4.74 Å². The zero-order valence-corrected chi connectivity index (χ0v) is 18.2. The van der Waals surface area contributed by atoms with Gasteiger partial charge in [0.25, 0.3) is 0 Å². The van der Waals surface area contributed by atoms with Crippen molar-refractivity contribution in [3.8, 4) is 0 Å². The van der Waals surface area contributed by atoms with Gasteiger partial charge in [0.15, 0.2) is 0 Å². The molecule has 1 amide bonds. The second-order valence-corrected chi connectivity index (χ2v) is 9.16. The first-order valence-corrected chi connectivity index (χ1v) is 10.7. The highest BCUT2D eigenvalue weighted by molar-refractivity contribution is 5.80. The number of aliphatic hydroxyl groups excluding tert-OH is 1. The molecule has 1 N–H and O–H groups in total. The molecule has 1 aliphatic rings. The minimum atomic E-state index is -0.937. The predicted octanol–water partition coefficient (Wildman–Crippen LogP) is 5.13. The van der Waals surface area contributed by atoms with Crippen LogP contribution in [0.5, 0.6) is 0 Å². The van der Waals surface area contributed by atoms with Crippen LogP contribution in [0.3, 0.4) is 0 Å². The summed E-state index contributed by atoms with van der Waals surface area (Å²) >= 11 is 0. The number of aliphatic hydroxyl groups is 1. The number of likely N-dealkylation sites (tertiary alicyclic amines) is 1. The number of carbonyl (C=O) groups excluding carboxylic acids is 1. The van der Waals surface area contributed by atoms with Crippen molar-refractivity contribution in [2.45, 2.75) is 57.4 Å². The van der Waals surface area contributed by atoms with Crippen molar-refractivity contribution in [2.75, 3.05) is 6.54 Å². The largest absolute Gasteiger partial charge is 0.444 e. The first kappa shape index (κ1) is 21.4. The number of hydrogen-bond donors (Lipinski definition) is 1. The van der Waals surface area contributed by atoms with E-state index in [9.17, 15) is 14.3 Å². The van der Waals surface area contributed by atoms with E-state index >= 15 is 0 Å². The number of fused-ring (bicyclic) bond motifs is 1. The summed E-state index contributed by atoms with van der Waals surface area (Å²) < 4.78 is 21.7. The van der Waals surface area contributed by atoms with Crippen molar-refractivity contribution in [1.82, 2.24) is 9.47 Å². The molecule has 31 heavy (non-hydrogen) atoms. The number of hydrogen-bond acceptors (Lipinski definition) is 3. The molecule has 3 aromatic rings. The Morgan fingerprint density at radius 3 is 2.68 bits per heavy atom. The Hall–Kier alpha value is -2.86. The lowest BCUT2D eigenvalue weighted by Crippen LogP contribution is -2.48. The van der Waals surface area contributed by atoms with Gasteiger partial charge in [-0.2, -0.15) is 0 Å². The molecule has 0 spiro atoms. The van der Waals surface area contributed by atoms with Gasteiger partial charge in [0.1, 0.15) is 11.4 Å². The topological polar surface area (TPSA) is 54.7 Å². The molecule has 0 unspecified atom stereocenters. The molecule has 2 aromatic carbocycles. The van der Waals surface area contributed by atoms with Crippen LogP contribution in [0.2, 0.25) is 0 Å². The first-order valence-electron chi connectivity index (χ1n) is 10.7. The number of halogens is 1. The van der Waals surface area contributed by atoms with Gasteiger partial charge < -0.3 is 19.3 Å². The van der Waals surface area contributed by atoms with E-state index in [1.54, 1.807) is 11.0 Å². The van der Waals surface area contributed by atoms with Crippen LogP contribution in [0.4, 0.5) is 9.18 Å². The molecule has 3 atom stereocenters. The molecule has 1 aromatic heterocycles. The Morgan fingerprint density at radius 1 is 1.16 bits per heavy atom. The Morgan fingerprint density at radius 2 is 1.94 bits per heavy atom. The van der Waals surface area contributed by atoms with Crippen LogP contribution >= 0.6 is 0 Å². The Balaban J connectivity index is 1.74. The van der Waals surface area contributed by atoms with E-state index in [1.165, 1.54) is 12.1 Å². The molecule has 0 aliphatic carbocycles. The summed E-state index contributed by atoms with van der Waals surface area (Å²) in [6.45, 7) is 6.01. The number of ether oxygens (including phenoxy) is 1. The van der Waals surface area contributed by atoms with Crippen LogP contribution < -0.4 is 0 Å². The van der Waals surface area contributed by atoms with Gasteiger partial charge in [-0.1, -0.05) is 30.3 Å². The number of nitrogens with zero attached hydrogens (tertiary/aromatic N) is 2. The van der Waals surface area contributed by atoms with Crippen molar-refractivity contribution < 1.29 is 19.0 Å². The SMILES string of the molecule is CC(C)(C)OC(=O)N1CCC[C@H]1[C@H](O)[C@@H](c1cccc(F)c1)n1ccc2ccccc21. The third-order valence-electron chi connectivity index (χ3n) is 5.76. The number of carbonyl (C=O) groups is 1. The van der Waals surface area contributed by atoms with Gasteiger partial charge in [0.2, 0.25) is 0 Å². The Labute approximate surface area is 182 Å². The molecule has 0 bridgehead atoms. The number of rotatable bonds is 4.